The van der Waals surface area contributed by atoms with Crippen molar-refractivity contribution >= 4 is 11.6 Å². The lowest BCUT2D eigenvalue weighted by atomic mass is 9.49. The number of rotatable bonds is 6. The van der Waals surface area contributed by atoms with Crippen LogP contribution in [-0.4, -0.2) is 49.5 Å². The number of carbonyl (C=O) groups is 1. The maximum atomic E-state index is 13.2. The smallest absolute Gasteiger partial charge is 0.251 e. The number of nitrogens with one attached hydrogen (secondary N) is 1. The summed E-state index contributed by atoms with van der Waals surface area (Å²) in [5, 5.41) is 22.3. The first kappa shape index (κ1) is 26.4. The highest BCUT2D eigenvalue weighted by molar-refractivity contribution is 5.95. The molecule has 0 aromatic heterocycles. The van der Waals surface area contributed by atoms with Gasteiger partial charge in [-0.3, -0.25) is 4.79 Å². The number of aliphatic hydroxyl groups excluding tert-OH is 1. The first-order valence-corrected chi connectivity index (χ1v) is 13.6. The van der Waals surface area contributed by atoms with Gasteiger partial charge in [-0.15, -0.1) is 0 Å². The number of hydrogen-bond donors (Lipinski definition) is 2. The number of nitriles is 1. The first-order valence-electron chi connectivity index (χ1n) is 13.6. The van der Waals surface area contributed by atoms with Crippen molar-refractivity contribution in [2.24, 2.45) is 16.2 Å². The number of ether oxygens (including phenoxy) is 2. The second kappa shape index (κ2) is 9.50. The molecule has 202 valence electrons. The predicted molar refractivity (Wildman–Crippen MR) is 147 cm³/mol. The molecule has 2 saturated carbocycles. The summed E-state index contributed by atoms with van der Waals surface area (Å²) in [6.45, 7) is 10.5. The summed E-state index contributed by atoms with van der Waals surface area (Å²) in [4.78, 5) is 15.6. The van der Waals surface area contributed by atoms with Gasteiger partial charge in [0.15, 0.2) is 0 Å². The Morgan fingerprint density at radius 1 is 1.05 bits per heavy atom. The van der Waals surface area contributed by atoms with E-state index in [4.69, 9.17) is 9.47 Å². The Labute approximate surface area is 225 Å². The number of carbonyl (C=O) groups excluding carboxylic acids is 1. The Bertz CT molecular complexity index is 1210. The third-order valence-electron chi connectivity index (χ3n) is 9.23. The molecule has 0 bridgehead atoms. The van der Waals surface area contributed by atoms with Crippen LogP contribution in [0.25, 0.3) is 0 Å². The van der Waals surface area contributed by atoms with E-state index in [0.29, 0.717) is 28.0 Å². The van der Waals surface area contributed by atoms with E-state index in [1.165, 1.54) is 7.11 Å². The SMILES string of the molecule is COc1cc(OC2C(C)(C)C(NC(=O)c3ccc(N4CC5(CCC(O)CC5)C4)cc3)C2(C)C)ccc1C#N. The first-order chi connectivity index (χ1) is 18.0. The van der Waals surface area contributed by atoms with E-state index in [2.05, 4.69) is 44.0 Å². The molecular formula is C31H39N3O4. The number of aliphatic hydroxyl groups is 1. The van der Waals surface area contributed by atoms with Crippen LogP contribution in [0.4, 0.5) is 5.69 Å². The average molecular weight is 518 g/mol. The topological polar surface area (TPSA) is 94.8 Å². The van der Waals surface area contributed by atoms with E-state index in [1.54, 1.807) is 18.2 Å². The molecule has 1 saturated heterocycles. The van der Waals surface area contributed by atoms with Crippen molar-refractivity contribution < 1.29 is 19.4 Å². The molecule has 2 aromatic carbocycles. The van der Waals surface area contributed by atoms with Gasteiger partial charge in [-0.25, -0.2) is 0 Å². The molecule has 1 spiro atoms. The lowest BCUT2D eigenvalue weighted by Crippen LogP contribution is -2.74. The summed E-state index contributed by atoms with van der Waals surface area (Å²) in [5.41, 5.74) is 2.01. The van der Waals surface area contributed by atoms with Gasteiger partial charge in [-0.1, -0.05) is 27.7 Å². The fourth-order valence-corrected chi connectivity index (χ4v) is 7.29. The van der Waals surface area contributed by atoms with E-state index in [9.17, 15) is 15.2 Å². The Hall–Kier alpha value is -3.24. The number of anilines is 1. The van der Waals surface area contributed by atoms with E-state index < -0.39 is 0 Å². The molecule has 2 aliphatic carbocycles. The minimum atomic E-state index is -0.306. The van der Waals surface area contributed by atoms with Crippen LogP contribution < -0.4 is 19.7 Å². The summed E-state index contributed by atoms with van der Waals surface area (Å²) in [5.74, 6) is 1.05. The van der Waals surface area contributed by atoms with Crippen molar-refractivity contribution in [2.75, 3.05) is 25.1 Å². The molecule has 2 N–H and O–H groups in total. The van der Waals surface area contributed by atoms with Crippen LogP contribution >= 0.6 is 0 Å². The van der Waals surface area contributed by atoms with Crippen molar-refractivity contribution in [3.63, 3.8) is 0 Å². The van der Waals surface area contributed by atoms with Gasteiger partial charge in [-0.2, -0.15) is 5.26 Å². The molecule has 38 heavy (non-hydrogen) atoms. The number of benzene rings is 2. The number of hydrogen-bond acceptors (Lipinski definition) is 6. The Kier molecular flexibility index (Phi) is 6.59. The van der Waals surface area contributed by atoms with Crippen LogP contribution in [0.3, 0.4) is 0 Å². The minimum absolute atomic E-state index is 0.0793. The van der Waals surface area contributed by atoms with Gasteiger partial charge >= 0.3 is 0 Å². The maximum Gasteiger partial charge on any atom is 0.251 e. The third kappa shape index (κ3) is 4.49. The maximum absolute atomic E-state index is 13.2. The van der Waals surface area contributed by atoms with E-state index in [1.807, 2.05) is 24.3 Å². The molecule has 7 nitrogen and oxygen atoms in total. The number of methoxy groups -OCH3 is 1. The molecule has 0 atom stereocenters. The average Bonchev–Trinajstić information content (AvgIpc) is 2.89. The lowest BCUT2D eigenvalue weighted by Gasteiger charge is -2.63. The number of nitrogens with zero attached hydrogens (tertiary/aromatic N) is 2. The molecule has 7 heteroatoms. The van der Waals surface area contributed by atoms with Crippen LogP contribution in [0, 0.1) is 27.6 Å². The number of amides is 1. The van der Waals surface area contributed by atoms with Crippen molar-refractivity contribution in [2.45, 2.75) is 71.6 Å². The van der Waals surface area contributed by atoms with Gasteiger partial charge in [-0.05, 0) is 62.1 Å². The monoisotopic (exact) mass is 517 g/mol. The van der Waals surface area contributed by atoms with E-state index >= 15 is 0 Å². The van der Waals surface area contributed by atoms with E-state index in [0.717, 1.165) is 44.5 Å². The standard InChI is InChI=1S/C31H39N3O4/c1-29(2)27(30(3,4)28(29)38-24-11-8-21(17-32)25(16-24)37-5)33-26(36)20-6-9-22(10-7-20)34-18-31(19-34)14-12-23(35)13-15-31/h6-11,16,23,27-28,35H,12-15,18-19H2,1-5H3,(H,33,36). The molecule has 2 aromatic rings. The van der Waals surface area contributed by atoms with Crippen LogP contribution in [-0.2, 0) is 0 Å². The third-order valence-corrected chi connectivity index (χ3v) is 9.23. The Balaban J connectivity index is 1.20. The van der Waals surface area contributed by atoms with Crippen molar-refractivity contribution in [1.82, 2.24) is 5.32 Å². The molecule has 0 radical (unpaired) electrons. The zero-order valence-electron chi connectivity index (χ0n) is 23.1. The second-order valence-corrected chi connectivity index (χ2v) is 12.7. The summed E-state index contributed by atoms with van der Waals surface area (Å²) in [7, 11) is 1.54. The van der Waals surface area contributed by atoms with Crippen LogP contribution in [0.1, 0.15) is 69.3 Å². The Morgan fingerprint density at radius 2 is 1.68 bits per heavy atom. The molecule has 3 fully saturated rings. The van der Waals surface area contributed by atoms with Crippen LogP contribution in [0.5, 0.6) is 11.5 Å². The van der Waals surface area contributed by atoms with Crippen molar-refractivity contribution in [1.29, 1.82) is 5.26 Å². The normalized spacial score (nSPS) is 25.0. The summed E-state index contributed by atoms with van der Waals surface area (Å²) < 4.78 is 11.7. The van der Waals surface area contributed by atoms with Crippen molar-refractivity contribution in [3.8, 4) is 17.6 Å². The van der Waals surface area contributed by atoms with Gasteiger partial charge in [0.2, 0.25) is 0 Å². The quantitative estimate of drug-likeness (QED) is 0.565. The minimum Gasteiger partial charge on any atom is -0.495 e. The molecule has 1 amide bonds. The van der Waals surface area contributed by atoms with Gasteiger partial charge in [0.05, 0.1) is 18.8 Å². The lowest BCUT2D eigenvalue weighted by molar-refractivity contribution is -0.164. The van der Waals surface area contributed by atoms with Crippen molar-refractivity contribution in [3.05, 3.63) is 53.6 Å². The van der Waals surface area contributed by atoms with Gasteiger partial charge in [0.25, 0.3) is 5.91 Å². The summed E-state index contributed by atoms with van der Waals surface area (Å²) >= 11 is 0. The van der Waals surface area contributed by atoms with Gasteiger partial charge < -0.3 is 24.8 Å². The second-order valence-electron chi connectivity index (χ2n) is 12.7. The highest BCUT2D eigenvalue weighted by atomic mass is 16.5. The predicted octanol–water partition coefficient (Wildman–Crippen LogP) is 4.92. The molecular weight excluding hydrogens is 478 g/mol. The zero-order chi connectivity index (χ0) is 27.3. The summed E-state index contributed by atoms with van der Waals surface area (Å²) in [6, 6.07) is 15.2. The highest BCUT2D eigenvalue weighted by Gasteiger charge is 2.64. The van der Waals surface area contributed by atoms with Gasteiger partial charge in [0.1, 0.15) is 23.7 Å². The van der Waals surface area contributed by atoms with Crippen LogP contribution in [0.15, 0.2) is 42.5 Å². The Morgan fingerprint density at radius 3 is 2.26 bits per heavy atom. The molecule has 0 unspecified atom stereocenters. The molecule has 5 rings (SSSR count). The molecule has 3 aliphatic rings. The fourth-order valence-electron chi connectivity index (χ4n) is 7.29. The molecule has 1 aliphatic heterocycles. The fraction of sp³-hybridized carbons (Fsp3) is 0.548. The highest BCUT2D eigenvalue weighted by Crippen LogP contribution is 2.55. The molecule has 1 heterocycles. The van der Waals surface area contributed by atoms with Gasteiger partial charge in [0, 0.05) is 52.7 Å². The van der Waals surface area contributed by atoms with Crippen LogP contribution in [0.2, 0.25) is 0 Å². The van der Waals surface area contributed by atoms with E-state index in [-0.39, 0.29) is 35.0 Å². The zero-order valence-corrected chi connectivity index (χ0v) is 23.1. The largest absolute Gasteiger partial charge is 0.495 e. The summed E-state index contributed by atoms with van der Waals surface area (Å²) in [6.07, 6.45) is 3.76.